The van der Waals surface area contributed by atoms with Crippen molar-refractivity contribution in [2.24, 2.45) is 0 Å². The molecule has 0 aliphatic heterocycles. The lowest BCUT2D eigenvalue weighted by Crippen LogP contribution is -2.43. The number of esters is 1. The number of rotatable bonds is 16. The van der Waals surface area contributed by atoms with Crippen molar-refractivity contribution in [3.63, 3.8) is 0 Å². The molecule has 2 atom stereocenters. The number of ether oxygens (including phenoxy) is 1. The maximum absolute atomic E-state index is 13.6. The number of fused-ring (bicyclic) bond motifs is 4. The van der Waals surface area contributed by atoms with Crippen LogP contribution in [0.25, 0.3) is 21.9 Å². The van der Waals surface area contributed by atoms with Gasteiger partial charge in [-0.15, -0.1) is 22.7 Å². The van der Waals surface area contributed by atoms with Crippen LogP contribution in [-0.2, 0) is 45.5 Å². The molecule has 4 aromatic heterocycles. The van der Waals surface area contributed by atoms with Crippen LogP contribution in [0.3, 0.4) is 0 Å². The van der Waals surface area contributed by atoms with Crippen molar-refractivity contribution in [1.82, 2.24) is 24.8 Å². The van der Waals surface area contributed by atoms with Crippen molar-refractivity contribution < 1.29 is 24.2 Å². The fraction of sp³-hybridized carbons (Fsp3) is 0.490. The number of nitrogens with zero attached hydrogens (tertiary/aromatic N) is 3. The Morgan fingerprint density at radius 1 is 1.06 bits per heavy atom. The molecule has 4 N–H and O–H groups in total. The van der Waals surface area contributed by atoms with Gasteiger partial charge in [0.05, 0.1) is 38.7 Å². The number of carbonyl (C=O) groups is 1. The van der Waals surface area contributed by atoms with Crippen LogP contribution >= 0.6 is 22.7 Å². The monoisotopic (exact) mass is 909 g/mol. The van der Waals surface area contributed by atoms with Crippen molar-refractivity contribution in [2.45, 2.75) is 134 Å². The van der Waals surface area contributed by atoms with Gasteiger partial charge < -0.3 is 39.1 Å². The number of aliphatic hydroxyl groups is 1. The Bertz CT molecular complexity index is 2620. The van der Waals surface area contributed by atoms with Gasteiger partial charge in [-0.05, 0) is 154 Å². The van der Waals surface area contributed by atoms with Crippen LogP contribution in [0.15, 0.2) is 71.1 Å². The summed E-state index contributed by atoms with van der Waals surface area (Å²) >= 11 is 2.80. The third-order valence-corrected chi connectivity index (χ3v) is 20.5. The number of aromatic hydroxyl groups is 1. The molecule has 6 aromatic rings. The molecule has 8 rings (SSSR count). The highest BCUT2D eigenvalue weighted by molar-refractivity contribution is 7.13. The molecule has 1 saturated carbocycles. The summed E-state index contributed by atoms with van der Waals surface area (Å²) in [5.41, 5.74) is 5.78. The van der Waals surface area contributed by atoms with Gasteiger partial charge in [-0.3, -0.25) is 4.79 Å². The van der Waals surface area contributed by atoms with Gasteiger partial charge in [0.2, 0.25) is 11.2 Å². The zero-order chi connectivity index (χ0) is 44.7. The molecule has 2 aromatic carbocycles. The fourth-order valence-corrected chi connectivity index (χ4v) is 12.5. The van der Waals surface area contributed by atoms with E-state index >= 15 is 0 Å². The minimum atomic E-state index is -2.22. The second kappa shape index (κ2) is 18.4. The number of nitrogens with one attached hydrogen (secondary N) is 2. The molecule has 2 aliphatic rings. The van der Waals surface area contributed by atoms with Crippen molar-refractivity contribution in [1.29, 1.82) is 0 Å². The molecule has 14 heteroatoms. The molecule has 1 unspecified atom stereocenters. The van der Waals surface area contributed by atoms with E-state index in [0.717, 1.165) is 85.8 Å². The number of pyridine rings is 1. The number of hydrogen-bond acceptors (Lipinski definition) is 11. The smallest absolute Gasteiger partial charge is 0.349 e. The minimum absolute atomic E-state index is 0.00533. The van der Waals surface area contributed by atoms with Crippen molar-refractivity contribution in [2.75, 3.05) is 20.1 Å². The number of aromatic amines is 1. The fourth-order valence-electron chi connectivity index (χ4n) is 9.35. The Labute approximate surface area is 379 Å². The number of phenols is 1. The van der Waals surface area contributed by atoms with Crippen molar-refractivity contribution in [3.05, 3.63) is 114 Å². The van der Waals surface area contributed by atoms with Gasteiger partial charge in [-0.2, -0.15) is 0 Å². The van der Waals surface area contributed by atoms with E-state index in [1.54, 1.807) is 18.2 Å². The predicted octanol–water partition coefficient (Wildman–Crippen LogP) is 9.47. The summed E-state index contributed by atoms with van der Waals surface area (Å²) in [6.45, 7) is 16.3. The largest absolute Gasteiger partial charge is 0.506 e. The third-order valence-electron chi connectivity index (χ3n) is 13.9. The normalized spacial score (nSPS) is 18.6. The lowest BCUT2D eigenvalue weighted by molar-refractivity contribution is -0.169. The average molecular weight is 910 g/mol. The first-order chi connectivity index (χ1) is 30.0. The van der Waals surface area contributed by atoms with Gasteiger partial charge >= 0.3 is 5.97 Å². The second-order valence-corrected chi connectivity index (χ2v) is 26.2. The standard InChI is InChI=1S/C49H63N5O6S2Si/c1-31-14-22-43(62-31)49(58,42-13-9-26-61-42)47(57)59-34-17-15-33(16-18-34)53(5)24-10-25-54-30-51-39-27-32(35-11-8-12-38(35)46(39)54)28-50-29-41(60-63(6,7)48(2,3)4)36-19-21-40(55)45-37(36)20-23-44(56)52-45/h9,13-14,19-23,26-27,30,33-34,41,50,55,58H,8,10-12,15-18,24-25,28-29H2,1-7H3,(H,52,56)/t33?,34?,41?,49-/m1/s1. The summed E-state index contributed by atoms with van der Waals surface area (Å²) < 4.78 is 15.5. The molecule has 4 heterocycles. The number of phenolic OH excluding ortho intramolecular Hbond substituents is 1. The third kappa shape index (κ3) is 9.36. The molecular weight excluding hydrogens is 847 g/mol. The number of hydrogen-bond donors (Lipinski definition) is 4. The van der Waals surface area contributed by atoms with Crippen molar-refractivity contribution in [3.8, 4) is 5.75 Å². The van der Waals surface area contributed by atoms with Crippen molar-refractivity contribution >= 4 is 58.9 Å². The number of aryl methyl sites for hydroxylation is 3. The first kappa shape index (κ1) is 45.4. The van der Waals surface area contributed by atoms with E-state index in [1.807, 2.05) is 42.9 Å². The predicted molar refractivity (Wildman–Crippen MR) is 256 cm³/mol. The number of imidazole rings is 1. The quantitative estimate of drug-likeness (QED) is 0.0552. The Balaban J connectivity index is 0.885. The van der Waals surface area contributed by atoms with Crippen LogP contribution in [0.4, 0.5) is 0 Å². The molecule has 2 aliphatic carbocycles. The molecule has 11 nitrogen and oxygen atoms in total. The van der Waals surface area contributed by atoms with E-state index in [2.05, 4.69) is 66.7 Å². The van der Waals surface area contributed by atoms with Gasteiger partial charge in [0.1, 0.15) is 11.9 Å². The Morgan fingerprint density at radius 2 is 1.84 bits per heavy atom. The van der Waals surface area contributed by atoms with Crippen LogP contribution in [0.1, 0.15) is 102 Å². The number of carbonyl (C=O) groups excluding carboxylic acids is 1. The summed E-state index contributed by atoms with van der Waals surface area (Å²) in [7, 11) is -0.00600. The van der Waals surface area contributed by atoms with Gasteiger partial charge in [0.25, 0.3) is 0 Å². The molecule has 63 heavy (non-hydrogen) atoms. The van der Waals surface area contributed by atoms with E-state index in [4.69, 9.17) is 14.1 Å². The van der Waals surface area contributed by atoms with Crippen LogP contribution in [-0.4, -0.2) is 76.2 Å². The summed E-state index contributed by atoms with van der Waals surface area (Å²) in [4.78, 5) is 38.3. The summed E-state index contributed by atoms with van der Waals surface area (Å²) in [6.07, 6.45) is 9.18. The minimum Gasteiger partial charge on any atom is -0.506 e. The van der Waals surface area contributed by atoms with Crippen LogP contribution < -0.4 is 10.9 Å². The zero-order valence-corrected chi connectivity index (χ0v) is 40.4. The summed E-state index contributed by atoms with van der Waals surface area (Å²) in [5.74, 6) is -0.530. The van der Waals surface area contributed by atoms with Gasteiger partial charge in [0.15, 0.2) is 8.32 Å². The van der Waals surface area contributed by atoms with Gasteiger partial charge in [-0.1, -0.05) is 32.9 Å². The maximum Gasteiger partial charge on any atom is 0.349 e. The van der Waals surface area contributed by atoms with E-state index in [9.17, 15) is 19.8 Å². The molecule has 0 amide bonds. The zero-order valence-electron chi connectivity index (χ0n) is 37.8. The Hall–Kier alpha value is -4.15. The van der Waals surface area contributed by atoms with Crippen LogP contribution in [0.5, 0.6) is 5.75 Å². The average Bonchev–Trinajstić information content (AvgIpc) is 4.09. The first-order valence-corrected chi connectivity index (χ1v) is 27.1. The SMILES string of the molecule is Cc1ccc([C@@](O)(C(=O)OC2CCC(N(C)CCCn3cnc4cc(CNCC(O[Si](C)(C)C(C)(C)C)c5ccc(O)c6[nH]c(=O)ccc56)c5c(c43)CCC5)CC2)c2cccs2)s1. The van der Waals surface area contributed by atoms with E-state index in [-0.39, 0.29) is 28.6 Å². The number of H-pyrrole nitrogens is 1. The lowest BCUT2D eigenvalue weighted by Gasteiger charge is -2.39. The number of thiophene rings is 2. The Kier molecular flexibility index (Phi) is 13.3. The van der Waals surface area contributed by atoms with Crippen LogP contribution in [0, 0.1) is 6.92 Å². The van der Waals surface area contributed by atoms with E-state index in [0.29, 0.717) is 34.4 Å². The second-order valence-electron chi connectivity index (χ2n) is 19.2. The molecular formula is C49H63N5O6S2Si. The van der Waals surface area contributed by atoms with E-state index < -0.39 is 19.9 Å². The summed E-state index contributed by atoms with van der Waals surface area (Å²) in [5, 5.41) is 28.9. The van der Waals surface area contributed by atoms with Gasteiger partial charge in [-0.25, -0.2) is 9.78 Å². The molecule has 0 radical (unpaired) electrons. The molecule has 0 bridgehead atoms. The molecule has 0 spiro atoms. The lowest BCUT2D eigenvalue weighted by atomic mass is 9.91. The highest BCUT2D eigenvalue weighted by Crippen LogP contribution is 2.42. The van der Waals surface area contributed by atoms with E-state index in [1.165, 1.54) is 50.9 Å². The molecule has 0 saturated heterocycles. The van der Waals surface area contributed by atoms with Gasteiger partial charge in [0, 0.05) is 42.0 Å². The topological polar surface area (TPSA) is 142 Å². The summed E-state index contributed by atoms with van der Waals surface area (Å²) in [6, 6.07) is 17.0. The molecule has 1 fully saturated rings. The highest BCUT2D eigenvalue weighted by Gasteiger charge is 2.45. The van der Waals surface area contributed by atoms with Crippen LogP contribution in [0.2, 0.25) is 18.1 Å². The number of aromatic nitrogens is 3. The highest BCUT2D eigenvalue weighted by atomic mass is 32.1. The molecule has 336 valence electrons. The number of benzene rings is 2. The Morgan fingerprint density at radius 3 is 2.56 bits per heavy atom. The first-order valence-electron chi connectivity index (χ1n) is 22.5. The maximum atomic E-state index is 13.6.